The van der Waals surface area contributed by atoms with E-state index in [-0.39, 0.29) is 5.84 Å². The van der Waals surface area contributed by atoms with Crippen molar-refractivity contribution in [1.29, 1.82) is 0 Å². The van der Waals surface area contributed by atoms with Crippen LogP contribution in [0.5, 0.6) is 0 Å². The van der Waals surface area contributed by atoms with Gasteiger partial charge in [0.1, 0.15) is 5.71 Å². The highest BCUT2D eigenvalue weighted by atomic mass is 16.5. The summed E-state index contributed by atoms with van der Waals surface area (Å²) < 4.78 is 0. The summed E-state index contributed by atoms with van der Waals surface area (Å²) in [5.41, 5.74) is 6.48. The van der Waals surface area contributed by atoms with Crippen LogP contribution >= 0.6 is 0 Å². The summed E-state index contributed by atoms with van der Waals surface area (Å²) in [5.74, 6) is 0.254. The number of rotatable bonds is 5. The van der Waals surface area contributed by atoms with Crippen molar-refractivity contribution in [3.63, 3.8) is 0 Å². The Kier molecular flexibility index (Phi) is 6.42. The lowest BCUT2D eigenvalue weighted by atomic mass is 10.2. The topological polar surface area (TPSA) is 72.6 Å². The number of hydrogen-bond acceptors (Lipinski definition) is 5. The van der Waals surface area contributed by atoms with E-state index in [9.17, 15) is 5.21 Å². The van der Waals surface area contributed by atoms with Crippen LogP contribution in [0, 0.1) is 6.92 Å². The molecule has 0 saturated carbocycles. The van der Waals surface area contributed by atoms with Crippen LogP contribution in [0.2, 0.25) is 0 Å². The van der Waals surface area contributed by atoms with E-state index >= 15 is 0 Å². The van der Waals surface area contributed by atoms with Crippen LogP contribution in [0.25, 0.3) is 0 Å². The second-order valence-electron chi connectivity index (χ2n) is 5.82. The maximum atomic E-state index is 9.29. The fourth-order valence-electron chi connectivity index (χ4n) is 2.02. The molecule has 0 radical (unpaired) electrons. The Morgan fingerprint density at radius 2 is 1.68 bits per heavy atom. The van der Waals surface area contributed by atoms with Crippen molar-refractivity contribution in [2.75, 3.05) is 19.0 Å². The second kappa shape index (κ2) is 8.75. The van der Waals surface area contributed by atoms with Crippen molar-refractivity contribution in [2.24, 2.45) is 15.2 Å². The Labute approximate surface area is 148 Å². The second-order valence-corrected chi connectivity index (χ2v) is 5.82. The minimum absolute atomic E-state index is 0.254. The zero-order valence-corrected chi connectivity index (χ0v) is 14.9. The molecule has 0 aliphatic carbocycles. The molecule has 2 rings (SSSR count). The molecule has 6 heteroatoms. The van der Waals surface area contributed by atoms with Gasteiger partial charge in [-0.2, -0.15) is 10.2 Å². The van der Waals surface area contributed by atoms with E-state index < -0.39 is 0 Å². The van der Waals surface area contributed by atoms with E-state index in [1.807, 2.05) is 74.4 Å². The number of hydroxylamine groups is 1. The summed E-state index contributed by atoms with van der Waals surface area (Å²) in [4.78, 5) is 6.35. The quantitative estimate of drug-likeness (QED) is 0.498. The Bertz CT molecular complexity index is 774. The summed E-state index contributed by atoms with van der Waals surface area (Å²) in [6, 6.07) is 15.6. The summed E-state index contributed by atoms with van der Waals surface area (Å²) in [5, 5.41) is 17.4. The fourth-order valence-corrected chi connectivity index (χ4v) is 2.02. The third-order valence-corrected chi connectivity index (χ3v) is 3.55. The average molecular weight is 337 g/mol. The first-order chi connectivity index (χ1) is 12.0. The molecule has 0 aliphatic rings. The van der Waals surface area contributed by atoms with Crippen molar-refractivity contribution < 1.29 is 5.21 Å². The molecular weight excluding hydrogens is 314 g/mol. The van der Waals surface area contributed by atoms with E-state index in [1.54, 1.807) is 13.1 Å². The molecule has 0 aliphatic heterocycles. The van der Waals surface area contributed by atoms with Crippen LogP contribution < -0.4 is 10.4 Å². The van der Waals surface area contributed by atoms with Crippen molar-refractivity contribution in [2.45, 2.75) is 13.8 Å². The maximum absolute atomic E-state index is 9.29. The molecule has 0 aromatic heterocycles. The molecule has 0 atom stereocenters. The van der Waals surface area contributed by atoms with Crippen LogP contribution in [0.3, 0.4) is 0 Å². The van der Waals surface area contributed by atoms with Gasteiger partial charge in [0, 0.05) is 19.8 Å². The Balaban J connectivity index is 2.11. The standard InChI is InChI=1S/C19H23N5O/c1-14-5-9-17(10-6-14)21-19(23-25)15(2)22-20-13-16-7-11-18(12-8-16)24(3)4/h5-13,25H,1-4H3,(H,21,23). The molecule has 0 amide bonds. The number of hydrogen-bond donors (Lipinski definition) is 2. The lowest BCUT2D eigenvalue weighted by Gasteiger charge is -2.11. The highest BCUT2D eigenvalue weighted by Gasteiger charge is 2.03. The van der Waals surface area contributed by atoms with E-state index in [4.69, 9.17) is 0 Å². The molecule has 2 aromatic carbocycles. The average Bonchev–Trinajstić information content (AvgIpc) is 2.61. The predicted molar refractivity (Wildman–Crippen MR) is 105 cm³/mol. The van der Waals surface area contributed by atoms with E-state index in [0.29, 0.717) is 5.71 Å². The molecular formula is C19H23N5O. The van der Waals surface area contributed by atoms with E-state index in [2.05, 4.69) is 20.7 Å². The summed E-state index contributed by atoms with van der Waals surface area (Å²) in [6.07, 6.45) is 1.66. The minimum atomic E-state index is 0.254. The highest BCUT2D eigenvalue weighted by molar-refractivity contribution is 6.40. The van der Waals surface area contributed by atoms with Crippen molar-refractivity contribution in [3.05, 3.63) is 59.7 Å². The first-order valence-electron chi connectivity index (χ1n) is 7.90. The molecule has 2 aromatic rings. The van der Waals surface area contributed by atoms with Crippen LogP contribution in [-0.4, -0.2) is 37.1 Å². The highest BCUT2D eigenvalue weighted by Crippen LogP contribution is 2.13. The Hall–Kier alpha value is -2.99. The lowest BCUT2D eigenvalue weighted by Crippen LogP contribution is -2.26. The zero-order chi connectivity index (χ0) is 18.2. The predicted octanol–water partition coefficient (Wildman–Crippen LogP) is 3.56. The van der Waals surface area contributed by atoms with Gasteiger partial charge in [-0.1, -0.05) is 29.8 Å². The van der Waals surface area contributed by atoms with Crippen molar-refractivity contribution in [3.8, 4) is 0 Å². The van der Waals surface area contributed by atoms with Crippen molar-refractivity contribution in [1.82, 2.24) is 5.48 Å². The smallest absolute Gasteiger partial charge is 0.173 e. The van der Waals surface area contributed by atoms with Gasteiger partial charge in [-0.05, 0) is 43.7 Å². The minimum Gasteiger partial charge on any atom is -0.378 e. The molecule has 0 fully saturated rings. The normalized spacial score (nSPS) is 12.5. The van der Waals surface area contributed by atoms with Crippen LogP contribution in [0.1, 0.15) is 18.1 Å². The lowest BCUT2D eigenvalue weighted by molar-refractivity contribution is 0.236. The number of amidine groups is 1. The largest absolute Gasteiger partial charge is 0.378 e. The molecule has 2 N–H and O–H groups in total. The van der Waals surface area contributed by atoms with E-state index in [1.165, 1.54) is 0 Å². The molecule has 130 valence electrons. The van der Waals surface area contributed by atoms with Gasteiger partial charge >= 0.3 is 0 Å². The Morgan fingerprint density at radius 3 is 2.24 bits per heavy atom. The van der Waals surface area contributed by atoms with Gasteiger partial charge in [0.05, 0.1) is 11.9 Å². The van der Waals surface area contributed by atoms with Gasteiger partial charge in [-0.3, -0.25) is 10.7 Å². The maximum Gasteiger partial charge on any atom is 0.173 e. The van der Waals surface area contributed by atoms with Crippen LogP contribution in [0.15, 0.2) is 63.7 Å². The number of nitrogens with zero attached hydrogens (tertiary/aromatic N) is 4. The number of benzene rings is 2. The summed E-state index contributed by atoms with van der Waals surface area (Å²) >= 11 is 0. The number of aryl methyl sites for hydroxylation is 1. The Morgan fingerprint density at radius 1 is 1.04 bits per heavy atom. The van der Waals surface area contributed by atoms with Gasteiger partial charge < -0.3 is 4.90 Å². The van der Waals surface area contributed by atoms with Gasteiger partial charge in [0.2, 0.25) is 0 Å². The SMILES string of the molecule is CC(=NN=Cc1ccc(N(C)C)cc1)C(=Nc1ccc(C)cc1)NO. The first kappa shape index (κ1) is 18.4. The third kappa shape index (κ3) is 5.54. The van der Waals surface area contributed by atoms with Crippen LogP contribution in [-0.2, 0) is 0 Å². The van der Waals surface area contributed by atoms with Crippen molar-refractivity contribution >= 4 is 29.1 Å². The molecule has 0 saturated heterocycles. The molecule has 0 unspecified atom stereocenters. The first-order valence-corrected chi connectivity index (χ1v) is 7.90. The van der Waals surface area contributed by atoms with Gasteiger partial charge in [-0.25, -0.2) is 4.99 Å². The molecule has 25 heavy (non-hydrogen) atoms. The fraction of sp³-hybridized carbons (Fsp3) is 0.211. The monoisotopic (exact) mass is 337 g/mol. The van der Waals surface area contributed by atoms with Crippen LogP contribution in [0.4, 0.5) is 11.4 Å². The van der Waals surface area contributed by atoms with Gasteiger partial charge in [0.15, 0.2) is 5.84 Å². The molecule has 6 nitrogen and oxygen atoms in total. The number of nitrogens with one attached hydrogen (secondary N) is 1. The number of anilines is 1. The number of aliphatic imine (C=N–C) groups is 1. The molecule has 0 heterocycles. The van der Waals surface area contributed by atoms with Gasteiger partial charge in [0.25, 0.3) is 0 Å². The third-order valence-electron chi connectivity index (χ3n) is 3.55. The summed E-state index contributed by atoms with van der Waals surface area (Å²) in [6.45, 7) is 3.73. The summed E-state index contributed by atoms with van der Waals surface area (Å²) in [7, 11) is 3.99. The molecule has 0 spiro atoms. The van der Waals surface area contributed by atoms with E-state index in [0.717, 1.165) is 22.5 Å². The zero-order valence-electron chi connectivity index (χ0n) is 14.9. The van der Waals surface area contributed by atoms with Gasteiger partial charge in [-0.15, -0.1) is 0 Å². The molecule has 0 bridgehead atoms.